The van der Waals surface area contributed by atoms with E-state index in [0.29, 0.717) is 34.8 Å². The van der Waals surface area contributed by atoms with Crippen molar-refractivity contribution in [3.63, 3.8) is 0 Å². The van der Waals surface area contributed by atoms with Gasteiger partial charge in [0.15, 0.2) is 11.5 Å². The Morgan fingerprint density at radius 2 is 1.86 bits per heavy atom. The lowest BCUT2D eigenvalue weighted by molar-refractivity contribution is 0.267. The fourth-order valence-corrected chi connectivity index (χ4v) is 4.48. The lowest BCUT2D eigenvalue weighted by atomic mass is 10.1. The van der Waals surface area contributed by atoms with Gasteiger partial charge in [-0.05, 0) is 66.4 Å². The summed E-state index contributed by atoms with van der Waals surface area (Å²) in [6, 6.07) is 9.33. The number of nitrogens with zero attached hydrogens (tertiary/aromatic N) is 1. The Bertz CT molecular complexity index is 857. The van der Waals surface area contributed by atoms with Crippen LogP contribution in [0.15, 0.2) is 34.8 Å². The fraction of sp³-hybridized carbons (Fsp3) is 0.381. The first kappa shape index (κ1) is 21.7. The van der Waals surface area contributed by atoms with Crippen molar-refractivity contribution in [1.82, 2.24) is 4.90 Å². The van der Waals surface area contributed by atoms with Crippen LogP contribution in [-0.2, 0) is 6.61 Å². The summed E-state index contributed by atoms with van der Waals surface area (Å²) in [5.74, 6) is 1.30. The monoisotopic (exact) mass is 501 g/mol. The second kappa shape index (κ2) is 10.1. The van der Waals surface area contributed by atoms with Gasteiger partial charge < -0.3 is 14.4 Å². The SMILES string of the molecule is CCOc1cc(C(=S)N2CCCCC2)cc(Br)c1OCc1ccc(Cl)cc1Cl. The number of likely N-dealkylation sites (tertiary alicyclic amines) is 1. The van der Waals surface area contributed by atoms with Crippen LogP contribution in [0.2, 0.25) is 10.0 Å². The molecule has 1 heterocycles. The Morgan fingerprint density at radius 1 is 1.11 bits per heavy atom. The molecule has 0 bridgehead atoms. The van der Waals surface area contributed by atoms with Crippen molar-refractivity contribution in [2.45, 2.75) is 32.8 Å². The van der Waals surface area contributed by atoms with Crippen LogP contribution in [0.25, 0.3) is 0 Å². The van der Waals surface area contributed by atoms with Crippen LogP contribution >= 0.6 is 51.3 Å². The highest BCUT2D eigenvalue weighted by Gasteiger charge is 2.19. The van der Waals surface area contributed by atoms with E-state index in [9.17, 15) is 0 Å². The summed E-state index contributed by atoms with van der Waals surface area (Å²) in [6.45, 7) is 4.81. The zero-order chi connectivity index (χ0) is 20.1. The summed E-state index contributed by atoms with van der Waals surface area (Å²) < 4.78 is 12.7. The quantitative estimate of drug-likeness (QED) is 0.400. The average Bonchev–Trinajstić information content (AvgIpc) is 2.69. The van der Waals surface area contributed by atoms with Gasteiger partial charge in [-0.15, -0.1) is 0 Å². The molecule has 0 atom stereocenters. The van der Waals surface area contributed by atoms with Crippen LogP contribution < -0.4 is 9.47 Å². The van der Waals surface area contributed by atoms with Gasteiger partial charge in [-0.3, -0.25) is 0 Å². The number of piperidine rings is 1. The molecule has 0 aromatic heterocycles. The largest absolute Gasteiger partial charge is 0.490 e. The third-order valence-corrected chi connectivity index (χ3v) is 6.26. The van der Waals surface area contributed by atoms with Crippen LogP contribution in [0.4, 0.5) is 0 Å². The van der Waals surface area contributed by atoms with Gasteiger partial charge in [-0.25, -0.2) is 0 Å². The average molecular weight is 503 g/mol. The molecule has 1 aliphatic rings. The van der Waals surface area contributed by atoms with Gasteiger partial charge in [-0.2, -0.15) is 0 Å². The Labute approximate surface area is 190 Å². The molecule has 0 N–H and O–H groups in total. The molecule has 7 heteroatoms. The standard InChI is InChI=1S/C21H22BrCl2NO2S/c1-2-26-19-11-15(21(28)25-8-4-3-5-9-25)10-17(22)20(19)27-13-14-6-7-16(23)12-18(14)24/h6-7,10-12H,2-5,8-9,13H2,1H3. The summed E-state index contributed by atoms with van der Waals surface area (Å²) in [5.41, 5.74) is 1.82. The van der Waals surface area contributed by atoms with Crippen LogP contribution in [0.1, 0.15) is 37.3 Å². The maximum Gasteiger partial charge on any atom is 0.175 e. The van der Waals surface area contributed by atoms with Gasteiger partial charge in [0.1, 0.15) is 11.6 Å². The normalized spacial score (nSPS) is 14.1. The summed E-state index contributed by atoms with van der Waals surface area (Å²) in [5, 5.41) is 1.17. The number of benzene rings is 2. The van der Waals surface area contributed by atoms with E-state index in [-0.39, 0.29) is 0 Å². The van der Waals surface area contributed by atoms with Crippen molar-refractivity contribution in [3.8, 4) is 11.5 Å². The molecule has 0 unspecified atom stereocenters. The van der Waals surface area contributed by atoms with Crippen LogP contribution in [0.5, 0.6) is 11.5 Å². The van der Waals surface area contributed by atoms with Crippen LogP contribution in [-0.4, -0.2) is 29.6 Å². The fourth-order valence-electron chi connectivity index (χ4n) is 3.16. The van der Waals surface area contributed by atoms with Gasteiger partial charge in [0, 0.05) is 34.3 Å². The van der Waals surface area contributed by atoms with E-state index in [1.54, 1.807) is 12.1 Å². The molecule has 0 saturated carbocycles. The van der Waals surface area contributed by atoms with Crippen LogP contribution in [0, 0.1) is 0 Å². The second-order valence-electron chi connectivity index (χ2n) is 6.60. The molecule has 2 aromatic rings. The highest BCUT2D eigenvalue weighted by molar-refractivity contribution is 9.10. The number of rotatable bonds is 6. The van der Waals surface area contributed by atoms with E-state index in [0.717, 1.165) is 33.7 Å². The molecule has 28 heavy (non-hydrogen) atoms. The Morgan fingerprint density at radius 3 is 2.54 bits per heavy atom. The first-order valence-corrected chi connectivity index (χ1v) is 11.3. The minimum absolute atomic E-state index is 0.310. The van der Waals surface area contributed by atoms with Gasteiger partial charge in [0.05, 0.1) is 11.1 Å². The lowest BCUT2D eigenvalue weighted by Gasteiger charge is -2.29. The highest BCUT2D eigenvalue weighted by Crippen LogP contribution is 2.38. The van der Waals surface area contributed by atoms with Gasteiger partial charge >= 0.3 is 0 Å². The topological polar surface area (TPSA) is 21.7 Å². The minimum atomic E-state index is 0.310. The van der Waals surface area contributed by atoms with E-state index in [1.165, 1.54) is 19.3 Å². The van der Waals surface area contributed by atoms with Crippen molar-refractivity contribution >= 4 is 56.3 Å². The van der Waals surface area contributed by atoms with Gasteiger partial charge in [-0.1, -0.05) is 41.5 Å². The summed E-state index contributed by atoms with van der Waals surface area (Å²) in [4.78, 5) is 3.12. The van der Waals surface area contributed by atoms with Gasteiger partial charge in [0.2, 0.25) is 0 Å². The van der Waals surface area contributed by atoms with E-state index in [4.69, 9.17) is 44.9 Å². The Kier molecular flexibility index (Phi) is 7.86. The molecule has 1 fully saturated rings. The molecule has 1 saturated heterocycles. The Balaban J connectivity index is 1.83. The van der Waals surface area contributed by atoms with Gasteiger partial charge in [0.25, 0.3) is 0 Å². The molecular weight excluding hydrogens is 481 g/mol. The molecule has 1 aliphatic heterocycles. The molecule has 0 radical (unpaired) electrons. The van der Waals surface area contributed by atoms with Crippen molar-refractivity contribution < 1.29 is 9.47 Å². The minimum Gasteiger partial charge on any atom is -0.490 e. The number of halogens is 3. The summed E-state index contributed by atoms with van der Waals surface area (Å²) in [7, 11) is 0. The first-order valence-electron chi connectivity index (χ1n) is 9.32. The lowest BCUT2D eigenvalue weighted by Crippen LogP contribution is -2.34. The smallest absolute Gasteiger partial charge is 0.175 e. The molecule has 150 valence electrons. The van der Waals surface area contributed by atoms with E-state index >= 15 is 0 Å². The number of hydrogen-bond acceptors (Lipinski definition) is 3. The third-order valence-electron chi connectivity index (χ3n) is 4.59. The molecule has 3 nitrogen and oxygen atoms in total. The zero-order valence-electron chi connectivity index (χ0n) is 15.6. The third kappa shape index (κ3) is 5.32. The van der Waals surface area contributed by atoms with E-state index < -0.39 is 0 Å². The maximum atomic E-state index is 6.26. The van der Waals surface area contributed by atoms with Crippen molar-refractivity contribution in [3.05, 3.63) is 56.0 Å². The second-order valence-corrected chi connectivity index (χ2v) is 8.68. The number of thiocarbonyl (C=S) groups is 1. The molecule has 0 spiro atoms. The predicted octanol–water partition coefficient (Wildman–Crippen LogP) is 6.90. The maximum absolute atomic E-state index is 6.26. The first-order chi connectivity index (χ1) is 13.5. The predicted molar refractivity (Wildman–Crippen MR) is 123 cm³/mol. The van der Waals surface area contributed by atoms with Crippen molar-refractivity contribution in [1.29, 1.82) is 0 Å². The van der Waals surface area contributed by atoms with Crippen molar-refractivity contribution in [2.75, 3.05) is 19.7 Å². The number of hydrogen-bond donors (Lipinski definition) is 0. The van der Waals surface area contributed by atoms with E-state index in [2.05, 4.69) is 20.8 Å². The summed E-state index contributed by atoms with van der Waals surface area (Å²) >= 11 is 21.6. The molecule has 2 aromatic carbocycles. The van der Waals surface area contributed by atoms with Crippen LogP contribution in [0.3, 0.4) is 0 Å². The summed E-state index contributed by atoms with van der Waals surface area (Å²) in [6.07, 6.45) is 3.64. The molecule has 0 amide bonds. The number of ether oxygens (including phenoxy) is 2. The Hall–Kier alpha value is -1.01. The highest BCUT2D eigenvalue weighted by atomic mass is 79.9. The van der Waals surface area contributed by atoms with E-state index in [1.807, 2.05) is 25.1 Å². The molecule has 3 rings (SSSR count). The molecule has 0 aliphatic carbocycles. The molecular formula is C21H22BrCl2NO2S. The zero-order valence-corrected chi connectivity index (χ0v) is 19.6. The van der Waals surface area contributed by atoms with Crippen molar-refractivity contribution in [2.24, 2.45) is 0 Å².